The Balaban J connectivity index is 2.23. The highest BCUT2D eigenvalue weighted by molar-refractivity contribution is 5.27. The zero-order valence-corrected chi connectivity index (χ0v) is 7.29. The standard InChI is InChI=1S/C10H13NO/c1-2-11-7-9-5-3-4-6-10(9)8-12-11/h3-6H,2,7-8H2,1H3. The van der Waals surface area contributed by atoms with Gasteiger partial charge < -0.3 is 0 Å². The maximum absolute atomic E-state index is 5.49. The van der Waals surface area contributed by atoms with Crippen molar-refractivity contribution in [3.63, 3.8) is 0 Å². The largest absolute Gasteiger partial charge is 0.294 e. The summed E-state index contributed by atoms with van der Waals surface area (Å²) in [4.78, 5) is 5.49. The highest BCUT2D eigenvalue weighted by Crippen LogP contribution is 2.18. The van der Waals surface area contributed by atoms with E-state index in [2.05, 4.69) is 31.2 Å². The van der Waals surface area contributed by atoms with Crippen LogP contribution in [0, 0.1) is 0 Å². The molecule has 2 heteroatoms. The Morgan fingerprint density at radius 3 is 2.83 bits per heavy atom. The van der Waals surface area contributed by atoms with Crippen LogP contribution in [0.2, 0.25) is 0 Å². The van der Waals surface area contributed by atoms with Gasteiger partial charge in [-0.05, 0) is 11.1 Å². The minimum Gasteiger partial charge on any atom is -0.294 e. The number of hydroxylamine groups is 2. The zero-order valence-electron chi connectivity index (χ0n) is 7.29. The molecule has 1 aromatic carbocycles. The fourth-order valence-electron chi connectivity index (χ4n) is 1.45. The van der Waals surface area contributed by atoms with E-state index in [-0.39, 0.29) is 0 Å². The summed E-state index contributed by atoms with van der Waals surface area (Å²) < 4.78 is 0. The van der Waals surface area contributed by atoms with Crippen LogP contribution in [0.25, 0.3) is 0 Å². The lowest BCUT2D eigenvalue weighted by molar-refractivity contribution is -0.183. The fourth-order valence-corrected chi connectivity index (χ4v) is 1.45. The second-order valence-electron chi connectivity index (χ2n) is 3.00. The molecule has 2 nitrogen and oxygen atoms in total. The average Bonchev–Trinajstić information content (AvgIpc) is 2.17. The third-order valence-corrected chi connectivity index (χ3v) is 2.22. The molecule has 12 heavy (non-hydrogen) atoms. The van der Waals surface area contributed by atoms with Crippen molar-refractivity contribution in [2.24, 2.45) is 0 Å². The van der Waals surface area contributed by atoms with E-state index in [0.717, 1.165) is 19.7 Å². The van der Waals surface area contributed by atoms with Crippen LogP contribution in [0.4, 0.5) is 0 Å². The Morgan fingerprint density at radius 2 is 2.08 bits per heavy atom. The van der Waals surface area contributed by atoms with E-state index in [9.17, 15) is 0 Å². The fraction of sp³-hybridized carbons (Fsp3) is 0.400. The zero-order chi connectivity index (χ0) is 8.39. The van der Waals surface area contributed by atoms with Gasteiger partial charge in [0.15, 0.2) is 0 Å². The first kappa shape index (κ1) is 7.77. The van der Waals surface area contributed by atoms with E-state index < -0.39 is 0 Å². The maximum atomic E-state index is 5.49. The summed E-state index contributed by atoms with van der Waals surface area (Å²) in [6.07, 6.45) is 0. The van der Waals surface area contributed by atoms with Gasteiger partial charge in [-0.15, -0.1) is 0 Å². The van der Waals surface area contributed by atoms with Gasteiger partial charge in [-0.25, -0.2) is 0 Å². The molecule has 0 saturated heterocycles. The van der Waals surface area contributed by atoms with Crippen LogP contribution in [0.3, 0.4) is 0 Å². The smallest absolute Gasteiger partial charge is 0.0939 e. The summed E-state index contributed by atoms with van der Waals surface area (Å²) in [5.41, 5.74) is 2.72. The van der Waals surface area contributed by atoms with Crippen molar-refractivity contribution in [3.8, 4) is 0 Å². The van der Waals surface area contributed by atoms with Gasteiger partial charge in [0.2, 0.25) is 0 Å². The van der Waals surface area contributed by atoms with Gasteiger partial charge in [-0.2, -0.15) is 5.06 Å². The highest BCUT2D eigenvalue weighted by atomic mass is 16.7. The quantitative estimate of drug-likeness (QED) is 0.627. The molecule has 0 aromatic heterocycles. The molecule has 64 valence electrons. The number of benzene rings is 1. The maximum Gasteiger partial charge on any atom is 0.0939 e. The van der Waals surface area contributed by atoms with Gasteiger partial charge in [0.25, 0.3) is 0 Å². The molecule has 1 aliphatic heterocycles. The molecule has 1 aliphatic rings. The summed E-state index contributed by atoms with van der Waals surface area (Å²) in [6.45, 7) is 4.71. The van der Waals surface area contributed by atoms with Gasteiger partial charge in [-0.1, -0.05) is 31.2 Å². The molecule has 0 radical (unpaired) electrons. The van der Waals surface area contributed by atoms with Crippen LogP contribution >= 0.6 is 0 Å². The van der Waals surface area contributed by atoms with Crippen LogP contribution in [0.15, 0.2) is 24.3 Å². The van der Waals surface area contributed by atoms with Crippen molar-refractivity contribution in [1.82, 2.24) is 5.06 Å². The Morgan fingerprint density at radius 1 is 1.33 bits per heavy atom. The van der Waals surface area contributed by atoms with E-state index >= 15 is 0 Å². The minimum atomic E-state index is 0.726. The molecule has 0 bridgehead atoms. The summed E-state index contributed by atoms with van der Waals surface area (Å²) in [5.74, 6) is 0. The predicted octanol–water partition coefficient (Wildman–Crippen LogP) is 1.95. The summed E-state index contributed by atoms with van der Waals surface area (Å²) in [6, 6.07) is 8.44. The molecular formula is C10H13NO. The molecule has 0 unspecified atom stereocenters. The first-order chi connectivity index (χ1) is 5.90. The van der Waals surface area contributed by atoms with Crippen LogP contribution in [-0.4, -0.2) is 11.6 Å². The summed E-state index contributed by atoms with van der Waals surface area (Å²) >= 11 is 0. The lowest BCUT2D eigenvalue weighted by Gasteiger charge is -2.26. The molecule has 0 atom stereocenters. The average molecular weight is 163 g/mol. The topological polar surface area (TPSA) is 12.5 Å². The van der Waals surface area contributed by atoms with Gasteiger partial charge in [0.1, 0.15) is 0 Å². The molecule has 0 N–H and O–H groups in total. The van der Waals surface area contributed by atoms with Crippen molar-refractivity contribution in [1.29, 1.82) is 0 Å². The molecule has 2 rings (SSSR count). The van der Waals surface area contributed by atoms with E-state index in [1.807, 2.05) is 5.06 Å². The number of hydrogen-bond donors (Lipinski definition) is 0. The second kappa shape index (κ2) is 3.25. The molecule has 0 amide bonds. The molecule has 0 aliphatic carbocycles. The number of nitrogens with zero attached hydrogens (tertiary/aromatic N) is 1. The minimum absolute atomic E-state index is 0.726. The molecule has 1 aromatic rings. The van der Waals surface area contributed by atoms with Crippen molar-refractivity contribution in [2.45, 2.75) is 20.1 Å². The van der Waals surface area contributed by atoms with E-state index in [1.54, 1.807) is 0 Å². The van der Waals surface area contributed by atoms with Gasteiger partial charge in [0.05, 0.1) is 6.61 Å². The third kappa shape index (κ3) is 1.36. The summed E-state index contributed by atoms with van der Waals surface area (Å²) in [7, 11) is 0. The molecule has 0 fully saturated rings. The van der Waals surface area contributed by atoms with Crippen LogP contribution in [-0.2, 0) is 18.0 Å². The Hall–Kier alpha value is -0.860. The van der Waals surface area contributed by atoms with Gasteiger partial charge in [0, 0.05) is 13.1 Å². The third-order valence-electron chi connectivity index (χ3n) is 2.22. The van der Waals surface area contributed by atoms with Crippen LogP contribution in [0.1, 0.15) is 18.1 Å². The molecule has 0 spiro atoms. The molecule has 1 heterocycles. The first-order valence-electron chi connectivity index (χ1n) is 4.35. The number of hydrogen-bond acceptors (Lipinski definition) is 2. The number of fused-ring (bicyclic) bond motifs is 1. The Bertz CT molecular complexity index is 272. The Labute approximate surface area is 72.7 Å². The van der Waals surface area contributed by atoms with Crippen molar-refractivity contribution in [2.75, 3.05) is 6.54 Å². The van der Waals surface area contributed by atoms with Crippen molar-refractivity contribution >= 4 is 0 Å². The summed E-state index contributed by atoms with van der Waals surface area (Å²) in [5, 5.41) is 1.99. The second-order valence-corrected chi connectivity index (χ2v) is 3.00. The van der Waals surface area contributed by atoms with E-state index in [4.69, 9.17) is 4.84 Å². The van der Waals surface area contributed by atoms with E-state index in [0.29, 0.717) is 0 Å². The SMILES string of the molecule is CCN1Cc2ccccc2CO1. The number of rotatable bonds is 1. The highest BCUT2D eigenvalue weighted by Gasteiger charge is 2.13. The van der Waals surface area contributed by atoms with Crippen molar-refractivity contribution in [3.05, 3.63) is 35.4 Å². The van der Waals surface area contributed by atoms with Crippen LogP contribution < -0.4 is 0 Å². The van der Waals surface area contributed by atoms with Crippen LogP contribution in [0.5, 0.6) is 0 Å². The molecular weight excluding hydrogens is 150 g/mol. The van der Waals surface area contributed by atoms with Gasteiger partial charge >= 0.3 is 0 Å². The van der Waals surface area contributed by atoms with Crippen molar-refractivity contribution < 1.29 is 4.84 Å². The predicted molar refractivity (Wildman–Crippen MR) is 47.3 cm³/mol. The van der Waals surface area contributed by atoms with E-state index in [1.165, 1.54) is 11.1 Å². The monoisotopic (exact) mass is 163 g/mol. The molecule has 0 saturated carbocycles. The normalized spacial score (nSPS) is 17.4. The first-order valence-corrected chi connectivity index (χ1v) is 4.35. The lowest BCUT2D eigenvalue weighted by atomic mass is 10.1. The Kier molecular flexibility index (Phi) is 2.11. The van der Waals surface area contributed by atoms with Gasteiger partial charge in [-0.3, -0.25) is 4.84 Å². The lowest BCUT2D eigenvalue weighted by Crippen LogP contribution is -2.27.